The summed E-state index contributed by atoms with van der Waals surface area (Å²) in [6, 6.07) is 0. The Morgan fingerprint density at radius 2 is 0.939 bits per heavy atom. The number of rotatable bonds is 39. The summed E-state index contributed by atoms with van der Waals surface area (Å²) < 4.78 is 34.4. The van der Waals surface area contributed by atoms with Crippen molar-refractivity contribution in [3.8, 4) is 0 Å². The van der Waals surface area contributed by atoms with Gasteiger partial charge in [-0.25, -0.2) is 0 Å². The minimum Gasteiger partial charge on any atom is -0.756 e. The van der Waals surface area contributed by atoms with Gasteiger partial charge in [0.15, 0.2) is 0 Å². The first-order valence-electron chi connectivity index (χ1n) is 20.8. The van der Waals surface area contributed by atoms with E-state index in [4.69, 9.17) is 18.5 Å². The zero-order valence-corrected chi connectivity index (χ0v) is 34.1. The number of hydrogen-bond donors (Lipinski definition) is 0. The number of hydrogen-bond acceptors (Lipinski definition) is 7. The normalized spacial score (nSPS) is 13.8. The molecule has 0 amide bonds. The molecule has 0 aliphatic heterocycles. The Kier molecular flexibility index (Phi) is 34.2. The molecular formula is C40H82NO7P. The number of carbonyl (C=O) groups is 1. The summed E-state index contributed by atoms with van der Waals surface area (Å²) in [5.41, 5.74) is 0. The Labute approximate surface area is 304 Å². The molecule has 2 unspecified atom stereocenters. The van der Waals surface area contributed by atoms with Crippen molar-refractivity contribution in [3.05, 3.63) is 0 Å². The van der Waals surface area contributed by atoms with Crippen LogP contribution >= 0.6 is 7.82 Å². The third-order valence-electron chi connectivity index (χ3n) is 9.16. The molecule has 294 valence electrons. The number of phosphoric ester groups is 1. The minimum atomic E-state index is -4.50. The molecule has 0 aromatic heterocycles. The fourth-order valence-electron chi connectivity index (χ4n) is 5.90. The van der Waals surface area contributed by atoms with Crippen molar-refractivity contribution in [2.45, 2.75) is 200 Å². The molecule has 0 heterocycles. The van der Waals surface area contributed by atoms with Crippen molar-refractivity contribution in [1.82, 2.24) is 0 Å². The lowest BCUT2D eigenvalue weighted by Gasteiger charge is -2.28. The Bertz CT molecular complexity index is 761. The molecule has 0 radical (unpaired) electrons. The number of nitrogens with zero attached hydrogens (tertiary/aromatic N) is 1. The smallest absolute Gasteiger partial charge is 0.306 e. The summed E-state index contributed by atoms with van der Waals surface area (Å²) in [5.74, 6) is -0.331. The number of esters is 1. The first-order chi connectivity index (χ1) is 23.6. The summed E-state index contributed by atoms with van der Waals surface area (Å²) >= 11 is 0. The van der Waals surface area contributed by atoms with Crippen LogP contribution in [0.25, 0.3) is 0 Å². The molecule has 0 aromatic rings. The highest BCUT2D eigenvalue weighted by Crippen LogP contribution is 2.38. The Morgan fingerprint density at radius 3 is 1.35 bits per heavy atom. The molecule has 0 saturated heterocycles. The zero-order chi connectivity index (χ0) is 36.3. The monoisotopic (exact) mass is 720 g/mol. The van der Waals surface area contributed by atoms with Crippen molar-refractivity contribution >= 4 is 13.8 Å². The standard InChI is InChI=1S/C40H82NO7P/c1-6-8-10-12-14-15-16-17-18-19-20-21-22-23-24-25-26-27-29-31-33-40(42)48-39(37-45-35-32-30-28-13-11-9-7-2)38-47-49(43,44)46-36-34-41(3,4)5/h39H,6-38H2,1-5H3. The predicted octanol–water partition coefficient (Wildman–Crippen LogP) is 11.1. The third kappa shape index (κ3) is 38.6. The van der Waals surface area contributed by atoms with Crippen LogP contribution in [-0.4, -0.2) is 70.7 Å². The molecule has 8 nitrogen and oxygen atoms in total. The van der Waals surface area contributed by atoms with E-state index >= 15 is 0 Å². The number of carbonyl (C=O) groups excluding carboxylic acids is 1. The van der Waals surface area contributed by atoms with E-state index in [2.05, 4.69) is 13.8 Å². The molecule has 0 bridgehead atoms. The van der Waals surface area contributed by atoms with Crippen LogP contribution in [0.4, 0.5) is 0 Å². The molecule has 0 saturated carbocycles. The van der Waals surface area contributed by atoms with Gasteiger partial charge in [-0.05, 0) is 12.8 Å². The van der Waals surface area contributed by atoms with Crippen molar-refractivity contribution in [2.24, 2.45) is 0 Å². The zero-order valence-electron chi connectivity index (χ0n) is 33.2. The Hall–Kier alpha value is -0.500. The van der Waals surface area contributed by atoms with E-state index in [1.165, 1.54) is 141 Å². The lowest BCUT2D eigenvalue weighted by atomic mass is 10.0. The Balaban J connectivity index is 4.05. The van der Waals surface area contributed by atoms with E-state index in [1.54, 1.807) is 0 Å². The summed E-state index contributed by atoms with van der Waals surface area (Å²) in [7, 11) is 1.37. The second-order valence-electron chi connectivity index (χ2n) is 15.4. The van der Waals surface area contributed by atoms with Crippen LogP contribution in [-0.2, 0) is 27.9 Å². The van der Waals surface area contributed by atoms with Crippen LogP contribution in [0.5, 0.6) is 0 Å². The van der Waals surface area contributed by atoms with Gasteiger partial charge in [0.25, 0.3) is 7.82 Å². The van der Waals surface area contributed by atoms with Gasteiger partial charge in [0.2, 0.25) is 0 Å². The second kappa shape index (κ2) is 34.6. The fourth-order valence-corrected chi connectivity index (χ4v) is 6.63. The predicted molar refractivity (Wildman–Crippen MR) is 204 cm³/mol. The molecule has 0 aromatic carbocycles. The van der Waals surface area contributed by atoms with Gasteiger partial charge in [-0.15, -0.1) is 0 Å². The van der Waals surface area contributed by atoms with E-state index in [0.717, 1.165) is 32.1 Å². The summed E-state index contributed by atoms with van der Waals surface area (Å²) in [5, 5.41) is 0. The van der Waals surface area contributed by atoms with E-state index < -0.39 is 13.9 Å². The van der Waals surface area contributed by atoms with E-state index in [0.29, 0.717) is 24.1 Å². The van der Waals surface area contributed by atoms with Gasteiger partial charge in [0.05, 0.1) is 34.4 Å². The van der Waals surface area contributed by atoms with Crippen molar-refractivity contribution in [2.75, 3.05) is 54.1 Å². The number of quaternary nitrogens is 1. The highest BCUT2D eigenvalue weighted by molar-refractivity contribution is 7.45. The van der Waals surface area contributed by atoms with Gasteiger partial charge in [-0.3, -0.25) is 9.36 Å². The van der Waals surface area contributed by atoms with Crippen LogP contribution in [0.1, 0.15) is 194 Å². The summed E-state index contributed by atoms with van der Waals surface area (Å²) in [6.45, 7) is 5.41. The van der Waals surface area contributed by atoms with Crippen LogP contribution in [0.2, 0.25) is 0 Å². The van der Waals surface area contributed by atoms with Gasteiger partial charge in [0, 0.05) is 13.0 Å². The molecule has 0 rings (SSSR count). The highest BCUT2D eigenvalue weighted by atomic mass is 31.2. The maximum Gasteiger partial charge on any atom is 0.306 e. The molecule has 2 atom stereocenters. The molecule has 49 heavy (non-hydrogen) atoms. The molecule has 0 N–H and O–H groups in total. The van der Waals surface area contributed by atoms with Crippen LogP contribution in [0, 0.1) is 0 Å². The number of unbranched alkanes of at least 4 members (excludes halogenated alkanes) is 25. The van der Waals surface area contributed by atoms with E-state index in [-0.39, 0.29) is 25.8 Å². The lowest BCUT2D eigenvalue weighted by molar-refractivity contribution is -0.870. The van der Waals surface area contributed by atoms with Gasteiger partial charge < -0.3 is 27.9 Å². The quantitative estimate of drug-likeness (QED) is 0.0270. The van der Waals surface area contributed by atoms with Crippen molar-refractivity contribution in [1.29, 1.82) is 0 Å². The molecule has 0 aliphatic rings. The number of likely N-dealkylation sites (N-methyl/N-ethyl adjacent to an activating group) is 1. The average molecular weight is 720 g/mol. The van der Waals surface area contributed by atoms with Gasteiger partial charge in [-0.1, -0.05) is 174 Å². The molecule has 0 fully saturated rings. The molecule has 0 spiro atoms. The maximum absolute atomic E-state index is 12.6. The van der Waals surface area contributed by atoms with Gasteiger partial charge >= 0.3 is 5.97 Å². The highest BCUT2D eigenvalue weighted by Gasteiger charge is 2.20. The van der Waals surface area contributed by atoms with Crippen LogP contribution < -0.4 is 4.89 Å². The van der Waals surface area contributed by atoms with Crippen LogP contribution in [0.3, 0.4) is 0 Å². The number of ether oxygens (including phenoxy) is 2. The van der Waals surface area contributed by atoms with E-state index in [9.17, 15) is 14.3 Å². The first kappa shape index (κ1) is 48.5. The van der Waals surface area contributed by atoms with Gasteiger partial charge in [-0.2, -0.15) is 0 Å². The minimum absolute atomic E-state index is 0.0307. The SMILES string of the molecule is CCCCCCCCCCCCCCCCCCCCCCC(=O)OC(COCCCCCCCCC)COP(=O)([O-])OCC[N+](C)(C)C. The third-order valence-corrected chi connectivity index (χ3v) is 10.1. The largest absolute Gasteiger partial charge is 0.756 e. The summed E-state index contributed by atoms with van der Waals surface area (Å²) in [6.07, 6.45) is 34.1. The lowest BCUT2D eigenvalue weighted by Crippen LogP contribution is -2.37. The molecular weight excluding hydrogens is 637 g/mol. The van der Waals surface area contributed by atoms with Crippen molar-refractivity contribution in [3.63, 3.8) is 0 Å². The summed E-state index contributed by atoms with van der Waals surface area (Å²) in [4.78, 5) is 24.9. The van der Waals surface area contributed by atoms with Gasteiger partial charge in [0.1, 0.15) is 19.3 Å². The molecule has 0 aliphatic carbocycles. The topological polar surface area (TPSA) is 94.1 Å². The second-order valence-corrected chi connectivity index (χ2v) is 16.8. The maximum atomic E-state index is 12.6. The first-order valence-corrected chi connectivity index (χ1v) is 22.2. The Morgan fingerprint density at radius 1 is 0.551 bits per heavy atom. The fraction of sp³-hybridized carbons (Fsp3) is 0.975. The van der Waals surface area contributed by atoms with Crippen molar-refractivity contribution < 1.29 is 37.3 Å². The number of phosphoric acid groups is 1. The average Bonchev–Trinajstić information content (AvgIpc) is 3.04. The van der Waals surface area contributed by atoms with Crippen LogP contribution in [0.15, 0.2) is 0 Å². The molecule has 9 heteroatoms. The van der Waals surface area contributed by atoms with E-state index in [1.807, 2.05) is 21.1 Å².